The van der Waals surface area contributed by atoms with Crippen LogP contribution in [-0.2, 0) is 9.53 Å². The smallest absolute Gasteiger partial charge is 0.330 e. The molecule has 2 aliphatic carbocycles. The fourth-order valence-corrected chi connectivity index (χ4v) is 3.40. The van der Waals surface area contributed by atoms with Crippen molar-refractivity contribution in [3.05, 3.63) is 24.3 Å². The summed E-state index contributed by atoms with van der Waals surface area (Å²) in [7, 11) is 0. The molecule has 0 N–H and O–H groups in total. The van der Waals surface area contributed by atoms with E-state index in [2.05, 4.69) is 19.6 Å². The molecule has 0 radical (unpaired) electrons. The molecule has 0 amide bonds. The van der Waals surface area contributed by atoms with Gasteiger partial charge >= 0.3 is 5.97 Å². The third-order valence-corrected chi connectivity index (χ3v) is 4.38. The molecule has 0 aliphatic heterocycles. The molecule has 1 saturated carbocycles. The largest absolute Gasteiger partial charge is 0.463 e. The molecular formula is C16H24O2. The first-order valence-corrected chi connectivity index (χ1v) is 7.21. The molecule has 0 aromatic carbocycles. The Bertz CT molecular complexity index is 343. The number of unbranched alkanes of at least 4 members (excludes halogenated alkanes) is 1. The van der Waals surface area contributed by atoms with Gasteiger partial charge in [0.1, 0.15) is 0 Å². The van der Waals surface area contributed by atoms with Crippen LogP contribution in [0.15, 0.2) is 24.3 Å². The highest BCUT2D eigenvalue weighted by atomic mass is 16.5. The van der Waals surface area contributed by atoms with Crippen LogP contribution in [0.3, 0.4) is 0 Å². The molecule has 0 heterocycles. The van der Waals surface area contributed by atoms with E-state index >= 15 is 0 Å². The average Bonchev–Trinajstić information content (AvgIpc) is 3.00. The van der Waals surface area contributed by atoms with Crippen molar-refractivity contribution in [3.63, 3.8) is 0 Å². The molecule has 1 fully saturated rings. The first-order valence-electron chi connectivity index (χ1n) is 7.21. The molecule has 0 aromatic rings. The van der Waals surface area contributed by atoms with Crippen molar-refractivity contribution in [2.24, 2.45) is 17.8 Å². The number of fused-ring (bicyclic) bond motifs is 2. The van der Waals surface area contributed by atoms with Crippen molar-refractivity contribution < 1.29 is 9.53 Å². The van der Waals surface area contributed by atoms with Crippen LogP contribution in [0.4, 0.5) is 0 Å². The average molecular weight is 248 g/mol. The van der Waals surface area contributed by atoms with E-state index in [4.69, 9.17) is 4.74 Å². The highest BCUT2D eigenvalue weighted by Crippen LogP contribution is 2.47. The predicted octanol–water partition coefficient (Wildman–Crippen LogP) is 3.88. The quantitative estimate of drug-likeness (QED) is 0.296. The second kappa shape index (κ2) is 6.21. The molecule has 2 aliphatic rings. The van der Waals surface area contributed by atoms with Gasteiger partial charge in [0.25, 0.3) is 0 Å². The maximum absolute atomic E-state index is 10.9. The number of allylic oxidation sites excluding steroid dienone is 2. The van der Waals surface area contributed by atoms with Crippen LogP contribution in [0.25, 0.3) is 0 Å². The molecule has 2 bridgehead atoms. The predicted molar refractivity (Wildman–Crippen MR) is 73.1 cm³/mol. The fraction of sp³-hybridized carbons (Fsp3) is 0.688. The Labute approximate surface area is 110 Å². The van der Waals surface area contributed by atoms with Gasteiger partial charge in [-0.2, -0.15) is 0 Å². The summed E-state index contributed by atoms with van der Waals surface area (Å²) in [6.07, 6.45) is 11.3. The number of ether oxygens (including phenoxy) is 1. The topological polar surface area (TPSA) is 26.3 Å². The lowest BCUT2D eigenvalue weighted by Crippen LogP contribution is -2.08. The summed E-state index contributed by atoms with van der Waals surface area (Å²) in [4.78, 5) is 10.9. The Morgan fingerprint density at radius 3 is 3.00 bits per heavy atom. The molecule has 0 saturated heterocycles. The van der Waals surface area contributed by atoms with Gasteiger partial charge in [-0.3, -0.25) is 0 Å². The highest BCUT2D eigenvalue weighted by Gasteiger charge is 2.34. The van der Waals surface area contributed by atoms with Crippen molar-refractivity contribution in [1.82, 2.24) is 0 Å². The Balaban J connectivity index is 1.61. The minimum absolute atomic E-state index is 0.307. The molecule has 0 aromatic heterocycles. The van der Waals surface area contributed by atoms with Crippen molar-refractivity contribution in [3.8, 4) is 0 Å². The lowest BCUT2D eigenvalue weighted by atomic mass is 9.86. The van der Waals surface area contributed by atoms with Gasteiger partial charge in [-0.1, -0.05) is 25.2 Å². The van der Waals surface area contributed by atoms with Gasteiger partial charge in [0.2, 0.25) is 0 Å². The summed E-state index contributed by atoms with van der Waals surface area (Å²) >= 11 is 0. The van der Waals surface area contributed by atoms with Crippen molar-refractivity contribution >= 4 is 5.97 Å². The van der Waals surface area contributed by atoms with Gasteiger partial charge in [0.05, 0.1) is 6.61 Å². The molecule has 3 unspecified atom stereocenters. The number of esters is 1. The van der Waals surface area contributed by atoms with E-state index < -0.39 is 0 Å². The van der Waals surface area contributed by atoms with E-state index in [1.807, 2.05) is 0 Å². The van der Waals surface area contributed by atoms with E-state index in [-0.39, 0.29) is 5.97 Å². The number of rotatable bonds is 7. The van der Waals surface area contributed by atoms with Crippen LogP contribution < -0.4 is 0 Å². The summed E-state index contributed by atoms with van der Waals surface area (Å²) in [5.74, 6) is 2.19. The second-order valence-corrected chi connectivity index (χ2v) is 5.71. The summed E-state index contributed by atoms with van der Waals surface area (Å²) in [6.45, 7) is 6.26. The first kappa shape index (κ1) is 13.4. The zero-order valence-electron chi connectivity index (χ0n) is 11.4. The lowest BCUT2D eigenvalue weighted by Gasteiger charge is -2.20. The van der Waals surface area contributed by atoms with Gasteiger partial charge in [0.15, 0.2) is 0 Å². The second-order valence-electron chi connectivity index (χ2n) is 5.71. The highest BCUT2D eigenvalue weighted by molar-refractivity contribution is 5.81. The summed E-state index contributed by atoms with van der Waals surface area (Å²) in [6, 6.07) is 0. The lowest BCUT2D eigenvalue weighted by molar-refractivity contribution is -0.137. The normalized spacial score (nSPS) is 26.8. The molecule has 2 rings (SSSR count). The van der Waals surface area contributed by atoms with Gasteiger partial charge < -0.3 is 4.74 Å². The van der Waals surface area contributed by atoms with E-state index in [0.29, 0.717) is 6.61 Å². The van der Waals surface area contributed by atoms with Crippen LogP contribution in [0.1, 0.15) is 45.4 Å². The zero-order valence-corrected chi connectivity index (χ0v) is 11.4. The van der Waals surface area contributed by atoms with Crippen LogP contribution in [0, 0.1) is 17.8 Å². The minimum atomic E-state index is -0.307. The standard InChI is InChI=1S/C16H24O2/c1-3-16(17)18-9-5-4-6-12(2)15-11-13-7-8-14(15)10-13/h3,11-14H,1,4-10H2,2H3. The third-order valence-electron chi connectivity index (χ3n) is 4.38. The summed E-state index contributed by atoms with van der Waals surface area (Å²) < 4.78 is 4.98. The van der Waals surface area contributed by atoms with Gasteiger partial charge in [-0.25, -0.2) is 4.79 Å². The minimum Gasteiger partial charge on any atom is -0.463 e. The fourth-order valence-electron chi connectivity index (χ4n) is 3.40. The number of carbonyl (C=O) groups excluding carboxylic acids is 1. The Hall–Kier alpha value is -1.05. The summed E-state index contributed by atoms with van der Waals surface area (Å²) in [5.41, 5.74) is 1.72. The molecule has 0 spiro atoms. The Kier molecular flexibility index (Phi) is 4.62. The maximum Gasteiger partial charge on any atom is 0.330 e. The van der Waals surface area contributed by atoms with Crippen LogP contribution >= 0.6 is 0 Å². The van der Waals surface area contributed by atoms with Crippen LogP contribution in [0.5, 0.6) is 0 Å². The third kappa shape index (κ3) is 3.24. The van der Waals surface area contributed by atoms with Crippen LogP contribution in [-0.4, -0.2) is 12.6 Å². The number of carbonyl (C=O) groups is 1. The molecule has 2 nitrogen and oxygen atoms in total. The van der Waals surface area contributed by atoms with E-state index in [1.54, 1.807) is 5.57 Å². The van der Waals surface area contributed by atoms with E-state index in [9.17, 15) is 4.79 Å². The molecule has 3 atom stereocenters. The Morgan fingerprint density at radius 1 is 1.56 bits per heavy atom. The van der Waals surface area contributed by atoms with Gasteiger partial charge in [0, 0.05) is 6.08 Å². The molecule has 18 heavy (non-hydrogen) atoms. The molecular weight excluding hydrogens is 224 g/mol. The molecule has 2 heteroatoms. The van der Waals surface area contributed by atoms with Crippen molar-refractivity contribution in [2.75, 3.05) is 6.61 Å². The maximum atomic E-state index is 10.9. The van der Waals surface area contributed by atoms with E-state index in [0.717, 1.165) is 30.6 Å². The van der Waals surface area contributed by atoms with E-state index in [1.165, 1.54) is 31.8 Å². The van der Waals surface area contributed by atoms with Gasteiger partial charge in [-0.15, -0.1) is 0 Å². The van der Waals surface area contributed by atoms with Crippen LogP contribution in [0.2, 0.25) is 0 Å². The summed E-state index contributed by atoms with van der Waals surface area (Å²) in [5, 5.41) is 0. The van der Waals surface area contributed by atoms with Crippen molar-refractivity contribution in [1.29, 1.82) is 0 Å². The SMILES string of the molecule is C=CC(=O)OCCCCC(C)C1=CC2CCC1C2. The first-order chi connectivity index (χ1) is 8.70. The molecule has 100 valence electrons. The number of hydrogen-bond acceptors (Lipinski definition) is 2. The van der Waals surface area contributed by atoms with Gasteiger partial charge in [-0.05, 0) is 56.3 Å². The van der Waals surface area contributed by atoms with Crippen molar-refractivity contribution in [2.45, 2.75) is 45.4 Å². The Morgan fingerprint density at radius 2 is 2.39 bits per heavy atom. The number of hydrogen-bond donors (Lipinski definition) is 0. The zero-order chi connectivity index (χ0) is 13.0. The monoisotopic (exact) mass is 248 g/mol.